The van der Waals surface area contributed by atoms with E-state index in [1.165, 1.54) is 0 Å². The van der Waals surface area contributed by atoms with Gasteiger partial charge in [0.25, 0.3) is 5.91 Å². The summed E-state index contributed by atoms with van der Waals surface area (Å²) in [5.41, 5.74) is 0. The van der Waals surface area contributed by atoms with Crippen molar-refractivity contribution in [1.29, 1.82) is 0 Å². The molecule has 0 radical (unpaired) electrons. The van der Waals surface area contributed by atoms with Gasteiger partial charge in [-0.15, -0.1) is 0 Å². The Morgan fingerprint density at radius 2 is 2.19 bits per heavy atom. The van der Waals surface area contributed by atoms with Gasteiger partial charge in [-0.2, -0.15) is 0 Å². The van der Waals surface area contributed by atoms with Crippen LogP contribution in [0.5, 0.6) is 5.75 Å². The van der Waals surface area contributed by atoms with Crippen molar-refractivity contribution in [2.45, 2.75) is 25.3 Å². The van der Waals surface area contributed by atoms with Gasteiger partial charge in [0.2, 0.25) is 0 Å². The first-order chi connectivity index (χ1) is 9.95. The number of carboxylic acid groups (broad SMARTS) is 1. The summed E-state index contributed by atoms with van der Waals surface area (Å²) in [7, 11) is 0. The van der Waals surface area contributed by atoms with Crippen molar-refractivity contribution in [1.82, 2.24) is 5.32 Å². The maximum atomic E-state index is 11.8. The summed E-state index contributed by atoms with van der Waals surface area (Å²) in [5.74, 6) is -0.698. The van der Waals surface area contributed by atoms with Gasteiger partial charge in [-0.3, -0.25) is 4.79 Å². The Balaban J connectivity index is 1.84. The lowest BCUT2D eigenvalue weighted by atomic mass is 10.1. The molecule has 1 aromatic rings. The van der Waals surface area contributed by atoms with E-state index in [1.54, 1.807) is 18.2 Å². The summed E-state index contributed by atoms with van der Waals surface area (Å²) < 4.78 is 6.10. The molecule has 114 valence electrons. The van der Waals surface area contributed by atoms with Crippen molar-refractivity contribution in [3.05, 3.63) is 27.7 Å². The molecule has 5 nitrogen and oxygen atoms in total. The molecule has 2 rings (SSSR count). The molecule has 0 aromatic heterocycles. The van der Waals surface area contributed by atoms with E-state index in [-0.39, 0.29) is 6.61 Å². The van der Waals surface area contributed by atoms with E-state index in [9.17, 15) is 9.59 Å². The number of aliphatic carboxylic acids is 1. The third kappa shape index (κ3) is 5.21. The molecule has 2 N–H and O–H groups in total. The molecule has 1 aromatic carbocycles. The Morgan fingerprint density at radius 1 is 1.48 bits per heavy atom. The largest absolute Gasteiger partial charge is 0.482 e. The molecule has 1 saturated carbocycles. The lowest BCUT2D eigenvalue weighted by Gasteiger charge is -2.14. The van der Waals surface area contributed by atoms with E-state index >= 15 is 0 Å². The number of carbonyl (C=O) groups excluding carboxylic acids is 1. The minimum Gasteiger partial charge on any atom is -0.482 e. The third-order valence-electron chi connectivity index (χ3n) is 3.15. The highest BCUT2D eigenvalue weighted by Crippen LogP contribution is 2.33. The zero-order valence-electron chi connectivity index (χ0n) is 11.1. The van der Waals surface area contributed by atoms with Gasteiger partial charge in [-0.1, -0.05) is 40.4 Å². The van der Waals surface area contributed by atoms with E-state index in [2.05, 4.69) is 21.2 Å². The van der Waals surface area contributed by atoms with Crippen LogP contribution in [0.3, 0.4) is 0 Å². The predicted molar refractivity (Wildman–Crippen MR) is 81.6 cm³/mol. The summed E-state index contributed by atoms with van der Waals surface area (Å²) >= 11 is 9.23. The van der Waals surface area contributed by atoms with Crippen LogP contribution in [0.1, 0.15) is 19.3 Å². The number of amides is 1. The van der Waals surface area contributed by atoms with E-state index in [0.717, 1.165) is 17.3 Å². The molecule has 1 aliphatic rings. The average Bonchev–Trinajstić information content (AvgIpc) is 3.21. The fraction of sp³-hybridized carbons (Fsp3) is 0.429. The van der Waals surface area contributed by atoms with Gasteiger partial charge < -0.3 is 15.2 Å². The topological polar surface area (TPSA) is 75.6 Å². The minimum absolute atomic E-state index is 0.268. The summed E-state index contributed by atoms with van der Waals surface area (Å²) in [6.45, 7) is -0.268. The van der Waals surface area contributed by atoms with Crippen molar-refractivity contribution < 1.29 is 19.4 Å². The summed E-state index contributed by atoms with van der Waals surface area (Å²) in [4.78, 5) is 22.8. The highest BCUT2D eigenvalue weighted by Gasteiger charge is 2.30. The normalized spacial score (nSPS) is 15.3. The number of carboxylic acids is 1. The SMILES string of the molecule is O=C(COc1ccc(Br)cc1Cl)NC(CC1CC1)C(=O)O. The second kappa shape index (κ2) is 7.13. The maximum absolute atomic E-state index is 11.8. The van der Waals surface area contributed by atoms with Gasteiger partial charge in [0, 0.05) is 4.47 Å². The first kappa shape index (κ1) is 16.1. The molecule has 0 heterocycles. The Bertz CT molecular complexity index is 548. The Hall–Kier alpha value is -1.27. The Morgan fingerprint density at radius 3 is 2.76 bits per heavy atom. The predicted octanol–water partition coefficient (Wildman–Crippen LogP) is 2.85. The molecule has 1 fully saturated rings. The van der Waals surface area contributed by atoms with Gasteiger partial charge in [0.15, 0.2) is 6.61 Å². The first-order valence-electron chi connectivity index (χ1n) is 6.55. The summed E-state index contributed by atoms with van der Waals surface area (Å²) in [5, 5.41) is 11.9. The lowest BCUT2D eigenvalue weighted by molar-refractivity contribution is -0.142. The zero-order valence-corrected chi connectivity index (χ0v) is 13.5. The standard InChI is InChI=1S/C14H15BrClNO4/c15-9-3-4-12(10(16)6-9)21-7-13(18)17-11(14(19)20)5-8-1-2-8/h3-4,6,8,11H,1-2,5,7H2,(H,17,18)(H,19,20). The van der Waals surface area contributed by atoms with Gasteiger partial charge >= 0.3 is 5.97 Å². The van der Waals surface area contributed by atoms with Crippen molar-refractivity contribution in [3.8, 4) is 5.75 Å². The van der Waals surface area contributed by atoms with Crippen molar-refractivity contribution in [3.63, 3.8) is 0 Å². The van der Waals surface area contributed by atoms with Crippen LogP contribution in [-0.2, 0) is 9.59 Å². The number of ether oxygens (including phenoxy) is 1. The molecule has 0 aliphatic heterocycles. The molecule has 7 heteroatoms. The number of benzene rings is 1. The first-order valence-corrected chi connectivity index (χ1v) is 7.73. The Kier molecular flexibility index (Phi) is 5.47. The molecule has 0 saturated heterocycles. The molecule has 0 bridgehead atoms. The highest BCUT2D eigenvalue weighted by molar-refractivity contribution is 9.10. The van der Waals surface area contributed by atoms with Crippen molar-refractivity contribution in [2.75, 3.05) is 6.61 Å². The number of rotatable bonds is 7. The molecule has 0 spiro atoms. The second-order valence-electron chi connectivity index (χ2n) is 5.00. The number of nitrogens with one attached hydrogen (secondary N) is 1. The molecule has 1 aliphatic carbocycles. The van der Waals surface area contributed by atoms with Crippen LogP contribution in [0, 0.1) is 5.92 Å². The number of hydrogen-bond acceptors (Lipinski definition) is 3. The molecule has 21 heavy (non-hydrogen) atoms. The Labute approximate surface area is 135 Å². The van der Waals surface area contributed by atoms with Crippen LogP contribution < -0.4 is 10.1 Å². The third-order valence-corrected chi connectivity index (χ3v) is 3.94. The van der Waals surface area contributed by atoms with E-state index in [0.29, 0.717) is 23.1 Å². The zero-order chi connectivity index (χ0) is 15.4. The monoisotopic (exact) mass is 375 g/mol. The van der Waals surface area contributed by atoms with Crippen LogP contribution in [-0.4, -0.2) is 29.6 Å². The fourth-order valence-electron chi connectivity index (χ4n) is 1.88. The van der Waals surface area contributed by atoms with E-state index < -0.39 is 17.9 Å². The minimum atomic E-state index is -1.02. The number of hydrogen-bond donors (Lipinski definition) is 2. The fourth-order valence-corrected chi connectivity index (χ4v) is 2.61. The van der Waals surface area contributed by atoms with Gasteiger partial charge in [0.1, 0.15) is 11.8 Å². The van der Waals surface area contributed by atoms with Crippen LogP contribution in [0.25, 0.3) is 0 Å². The molecular weight excluding hydrogens is 362 g/mol. The molecule has 1 atom stereocenters. The quantitative estimate of drug-likeness (QED) is 0.767. The molecule has 1 amide bonds. The summed E-state index contributed by atoms with van der Waals surface area (Å²) in [6.07, 6.45) is 2.54. The second-order valence-corrected chi connectivity index (χ2v) is 6.32. The average molecular weight is 377 g/mol. The van der Waals surface area contributed by atoms with Crippen LogP contribution in [0.2, 0.25) is 5.02 Å². The molecule has 1 unspecified atom stereocenters. The van der Waals surface area contributed by atoms with Gasteiger partial charge in [0.05, 0.1) is 5.02 Å². The summed E-state index contributed by atoms with van der Waals surface area (Å²) in [6, 6.07) is 4.18. The van der Waals surface area contributed by atoms with Crippen molar-refractivity contribution in [2.24, 2.45) is 5.92 Å². The van der Waals surface area contributed by atoms with Crippen LogP contribution >= 0.6 is 27.5 Å². The lowest BCUT2D eigenvalue weighted by Crippen LogP contribution is -2.43. The van der Waals surface area contributed by atoms with Crippen LogP contribution in [0.15, 0.2) is 22.7 Å². The van der Waals surface area contributed by atoms with E-state index in [4.69, 9.17) is 21.4 Å². The number of halogens is 2. The maximum Gasteiger partial charge on any atom is 0.326 e. The smallest absolute Gasteiger partial charge is 0.326 e. The molecular formula is C14H15BrClNO4. The number of carbonyl (C=O) groups is 2. The van der Waals surface area contributed by atoms with E-state index in [1.807, 2.05) is 0 Å². The highest BCUT2D eigenvalue weighted by atomic mass is 79.9. The van der Waals surface area contributed by atoms with Crippen LogP contribution in [0.4, 0.5) is 0 Å². The van der Waals surface area contributed by atoms with Gasteiger partial charge in [-0.05, 0) is 30.5 Å². The van der Waals surface area contributed by atoms with Gasteiger partial charge in [-0.25, -0.2) is 4.79 Å². The van der Waals surface area contributed by atoms with Crippen molar-refractivity contribution >= 4 is 39.4 Å².